The fourth-order valence-electron chi connectivity index (χ4n) is 1.24. The normalized spacial score (nSPS) is 13.4. The van der Waals surface area contributed by atoms with Gasteiger partial charge < -0.3 is 10.8 Å². The summed E-state index contributed by atoms with van der Waals surface area (Å²) in [6, 6.07) is 3.32. The first-order valence-corrected chi connectivity index (χ1v) is 4.40. The molecule has 0 aliphatic rings. The highest BCUT2D eigenvalue weighted by molar-refractivity contribution is 5.38. The van der Waals surface area contributed by atoms with Crippen LogP contribution >= 0.6 is 0 Å². The molecule has 1 atom stereocenters. The zero-order valence-corrected chi connectivity index (χ0v) is 7.88. The van der Waals surface area contributed by atoms with Gasteiger partial charge in [-0.2, -0.15) is 0 Å². The summed E-state index contributed by atoms with van der Waals surface area (Å²) in [5.74, 6) is 0.470. The van der Waals surface area contributed by atoms with E-state index in [4.69, 9.17) is 10.8 Å². The monoisotopic (exact) mass is 192 g/mol. The van der Waals surface area contributed by atoms with Crippen molar-refractivity contribution >= 4 is 5.65 Å². The fraction of sp³-hybridized carbons (Fsp3) is 0.333. The summed E-state index contributed by atoms with van der Waals surface area (Å²) >= 11 is 0. The van der Waals surface area contributed by atoms with Crippen molar-refractivity contribution in [1.29, 1.82) is 0 Å². The maximum Gasteiger partial charge on any atom is 0.170 e. The molecule has 0 spiro atoms. The van der Waals surface area contributed by atoms with Crippen molar-refractivity contribution in [3.8, 4) is 0 Å². The maximum atomic E-state index is 8.85. The minimum atomic E-state index is -0.504. The number of aromatic nitrogens is 3. The van der Waals surface area contributed by atoms with Crippen LogP contribution in [-0.4, -0.2) is 26.3 Å². The predicted octanol–water partition coefficient (Wildman–Crippen LogP) is 0.0298. The molecule has 0 saturated heterocycles. The molecule has 0 aliphatic heterocycles. The Labute approximate surface area is 81.2 Å². The Hall–Kier alpha value is -1.46. The molecule has 0 aromatic carbocycles. The molecule has 2 heterocycles. The van der Waals surface area contributed by atoms with Gasteiger partial charge in [0.1, 0.15) is 0 Å². The highest BCUT2D eigenvalue weighted by Crippen LogP contribution is 2.08. The summed E-state index contributed by atoms with van der Waals surface area (Å²) in [7, 11) is 0. The van der Waals surface area contributed by atoms with Crippen molar-refractivity contribution in [2.75, 3.05) is 6.61 Å². The van der Waals surface area contributed by atoms with E-state index in [1.165, 1.54) is 0 Å². The van der Waals surface area contributed by atoms with Gasteiger partial charge in [0.15, 0.2) is 11.5 Å². The minimum absolute atomic E-state index is 0.143. The molecule has 0 saturated carbocycles. The summed E-state index contributed by atoms with van der Waals surface area (Å²) < 4.78 is 1.67. The van der Waals surface area contributed by atoms with Crippen molar-refractivity contribution in [3.63, 3.8) is 0 Å². The van der Waals surface area contributed by atoms with E-state index in [0.717, 1.165) is 11.2 Å². The van der Waals surface area contributed by atoms with Gasteiger partial charge in [-0.05, 0) is 18.6 Å². The molecule has 3 N–H and O–H groups in total. The second kappa shape index (κ2) is 3.36. The molecule has 0 bridgehead atoms. The largest absolute Gasteiger partial charge is 0.394 e. The molecule has 14 heavy (non-hydrogen) atoms. The summed E-state index contributed by atoms with van der Waals surface area (Å²) in [6.45, 7) is 1.84. The van der Waals surface area contributed by atoms with Crippen LogP contribution in [0.4, 0.5) is 0 Å². The molecule has 5 heteroatoms. The molecule has 2 rings (SSSR count). The first kappa shape index (κ1) is 9.11. The van der Waals surface area contributed by atoms with Crippen LogP contribution in [0.15, 0.2) is 18.3 Å². The lowest BCUT2D eigenvalue weighted by molar-refractivity contribution is 0.263. The van der Waals surface area contributed by atoms with Crippen molar-refractivity contribution in [3.05, 3.63) is 29.7 Å². The number of hydrogen-bond acceptors (Lipinski definition) is 4. The summed E-state index contributed by atoms with van der Waals surface area (Å²) in [4.78, 5) is 4.19. The van der Waals surface area contributed by atoms with Gasteiger partial charge in [0, 0.05) is 6.20 Å². The van der Waals surface area contributed by atoms with Gasteiger partial charge in [-0.1, -0.05) is 6.07 Å². The van der Waals surface area contributed by atoms with Crippen LogP contribution in [-0.2, 0) is 0 Å². The van der Waals surface area contributed by atoms with E-state index in [9.17, 15) is 0 Å². The summed E-state index contributed by atoms with van der Waals surface area (Å²) in [5.41, 5.74) is 7.46. The lowest BCUT2D eigenvalue weighted by atomic mass is 10.3. The second-order valence-corrected chi connectivity index (χ2v) is 3.27. The summed E-state index contributed by atoms with van der Waals surface area (Å²) in [6.07, 6.45) is 1.87. The number of pyridine rings is 1. The molecule has 0 fully saturated rings. The zero-order chi connectivity index (χ0) is 10.1. The number of nitrogens with two attached hydrogens (primary N) is 1. The third-order valence-corrected chi connectivity index (χ3v) is 2.02. The van der Waals surface area contributed by atoms with Gasteiger partial charge in [-0.3, -0.25) is 0 Å². The molecule has 0 amide bonds. The van der Waals surface area contributed by atoms with Gasteiger partial charge in [0.2, 0.25) is 0 Å². The topological polar surface area (TPSA) is 76.4 Å². The van der Waals surface area contributed by atoms with E-state index >= 15 is 0 Å². The Morgan fingerprint density at radius 1 is 1.57 bits per heavy atom. The van der Waals surface area contributed by atoms with E-state index in [1.54, 1.807) is 4.52 Å². The first-order valence-electron chi connectivity index (χ1n) is 4.40. The third-order valence-electron chi connectivity index (χ3n) is 2.02. The Morgan fingerprint density at radius 3 is 3.07 bits per heavy atom. The molecular weight excluding hydrogens is 180 g/mol. The highest BCUT2D eigenvalue weighted by atomic mass is 16.3. The average Bonchev–Trinajstić information content (AvgIpc) is 2.59. The number of rotatable bonds is 2. The third kappa shape index (κ3) is 1.47. The number of aliphatic hydroxyl groups is 1. The van der Waals surface area contributed by atoms with E-state index < -0.39 is 6.04 Å². The van der Waals surface area contributed by atoms with Gasteiger partial charge >= 0.3 is 0 Å². The molecule has 0 radical (unpaired) electrons. The second-order valence-electron chi connectivity index (χ2n) is 3.27. The maximum absolute atomic E-state index is 8.85. The summed E-state index contributed by atoms with van der Waals surface area (Å²) in [5, 5.41) is 13.0. The van der Waals surface area contributed by atoms with Crippen molar-refractivity contribution in [2.45, 2.75) is 13.0 Å². The lowest BCUT2D eigenvalue weighted by Crippen LogP contribution is -2.16. The number of nitrogens with zero attached hydrogens (tertiary/aromatic N) is 3. The van der Waals surface area contributed by atoms with E-state index in [0.29, 0.717) is 5.82 Å². The van der Waals surface area contributed by atoms with Crippen molar-refractivity contribution in [2.24, 2.45) is 5.73 Å². The van der Waals surface area contributed by atoms with Gasteiger partial charge in [0.05, 0.1) is 12.6 Å². The molecule has 74 valence electrons. The first-order chi connectivity index (χ1) is 6.70. The number of hydrogen-bond donors (Lipinski definition) is 2. The van der Waals surface area contributed by atoms with E-state index in [2.05, 4.69) is 10.1 Å². The molecule has 2 aromatic rings. The van der Waals surface area contributed by atoms with Gasteiger partial charge in [-0.25, -0.2) is 9.50 Å². The van der Waals surface area contributed by atoms with Crippen LogP contribution in [0.25, 0.3) is 5.65 Å². The Morgan fingerprint density at radius 2 is 2.36 bits per heavy atom. The quantitative estimate of drug-likeness (QED) is 0.703. The van der Waals surface area contributed by atoms with Crippen molar-refractivity contribution < 1.29 is 5.11 Å². The van der Waals surface area contributed by atoms with Crippen LogP contribution in [0, 0.1) is 6.92 Å². The number of aryl methyl sites for hydroxylation is 1. The van der Waals surface area contributed by atoms with E-state index in [1.807, 2.05) is 25.3 Å². The molecule has 0 aliphatic carbocycles. The standard InChI is InChI=1S/C9H12N4O/c1-6-2-3-8-11-9(7(10)5-14)12-13(8)4-6/h2-4,7,14H,5,10H2,1H3. The van der Waals surface area contributed by atoms with Crippen LogP contribution in [0.1, 0.15) is 17.4 Å². The minimum Gasteiger partial charge on any atom is -0.394 e. The van der Waals surface area contributed by atoms with Gasteiger partial charge in [0.25, 0.3) is 0 Å². The van der Waals surface area contributed by atoms with Crippen LogP contribution < -0.4 is 5.73 Å². The Balaban J connectivity index is 2.51. The van der Waals surface area contributed by atoms with Crippen LogP contribution in [0.2, 0.25) is 0 Å². The Kier molecular flexibility index (Phi) is 2.18. The zero-order valence-electron chi connectivity index (χ0n) is 7.88. The van der Waals surface area contributed by atoms with Crippen molar-refractivity contribution in [1.82, 2.24) is 14.6 Å². The number of aliphatic hydroxyl groups excluding tert-OH is 1. The van der Waals surface area contributed by atoms with Crippen LogP contribution in [0.3, 0.4) is 0 Å². The Bertz CT molecular complexity index is 451. The smallest absolute Gasteiger partial charge is 0.170 e. The SMILES string of the molecule is Cc1ccc2nc(C(N)CO)nn2c1. The molecular formula is C9H12N4O. The highest BCUT2D eigenvalue weighted by Gasteiger charge is 2.10. The number of fused-ring (bicyclic) bond motifs is 1. The molecule has 2 aromatic heterocycles. The van der Waals surface area contributed by atoms with Crippen LogP contribution in [0.5, 0.6) is 0 Å². The lowest BCUT2D eigenvalue weighted by Gasteiger charge is -1.99. The van der Waals surface area contributed by atoms with Gasteiger partial charge in [-0.15, -0.1) is 5.10 Å². The molecule has 1 unspecified atom stereocenters. The fourth-order valence-corrected chi connectivity index (χ4v) is 1.24. The molecule has 5 nitrogen and oxygen atoms in total. The average molecular weight is 192 g/mol. The van der Waals surface area contributed by atoms with E-state index in [-0.39, 0.29) is 6.61 Å². The predicted molar refractivity (Wildman–Crippen MR) is 51.7 cm³/mol.